The van der Waals surface area contributed by atoms with Gasteiger partial charge in [0.25, 0.3) is 11.6 Å². The monoisotopic (exact) mass is 329 g/mol. The van der Waals surface area contributed by atoms with Crippen molar-refractivity contribution in [2.24, 2.45) is 5.10 Å². The number of amides is 1. The van der Waals surface area contributed by atoms with E-state index in [0.29, 0.717) is 17.1 Å². The van der Waals surface area contributed by atoms with Crippen molar-refractivity contribution >= 4 is 17.8 Å². The summed E-state index contributed by atoms with van der Waals surface area (Å²) in [6, 6.07) is 8.26. The third kappa shape index (κ3) is 3.09. The number of rotatable bonds is 4. The number of hydrogen-bond acceptors (Lipinski definition) is 7. The van der Waals surface area contributed by atoms with E-state index in [2.05, 4.69) is 10.5 Å². The molecule has 3 rings (SSSR count). The van der Waals surface area contributed by atoms with Crippen LogP contribution in [0.1, 0.15) is 15.9 Å². The Bertz CT molecular complexity index is 849. The normalized spacial score (nSPS) is 12.3. The van der Waals surface area contributed by atoms with E-state index in [1.54, 1.807) is 18.2 Å². The van der Waals surface area contributed by atoms with Crippen molar-refractivity contribution in [3.8, 4) is 17.2 Å². The lowest BCUT2D eigenvalue weighted by atomic mass is 10.1. The molecule has 0 radical (unpaired) electrons. The number of phenols is 1. The van der Waals surface area contributed by atoms with Gasteiger partial charge in [0, 0.05) is 12.1 Å². The fraction of sp³-hybridized carbons (Fsp3) is 0.0667. The molecule has 1 heterocycles. The summed E-state index contributed by atoms with van der Waals surface area (Å²) in [7, 11) is 0. The van der Waals surface area contributed by atoms with Crippen LogP contribution >= 0.6 is 0 Å². The number of fused-ring (bicyclic) bond motifs is 1. The quantitative estimate of drug-likeness (QED) is 0.501. The van der Waals surface area contributed by atoms with Gasteiger partial charge in [-0.15, -0.1) is 0 Å². The van der Waals surface area contributed by atoms with Crippen molar-refractivity contribution in [2.45, 2.75) is 0 Å². The number of phenolic OH excluding ortho intramolecular Hbond substituents is 1. The number of non-ortho nitro benzene ring substituents is 1. The Kier molecular flexibility index (Phi) is 3.98. The van der Waals surface area contributed by atoms with Crippen molar-refractivity contribution in [3.05, 3.63) is 57.6 Å². The molecule has 2 aromatic carbocycles. The van der Waals surface area contributed by atoms with Crippen molar-refractivity contribution < 1.29 is 24.3 Å². The Morgan fingerprint density at radius 3 is 2.83 bits per heavy atom. The van der Waals surface area contributed by atoms with Crippen LogP contribution in [0.15, 0.2) is 41.5 Å². The first-order valence-electron chi connectivity index (χ1n) is 6.75. The second-order valence-corrected chi connectivity index (χ2v) is 4.77. The number of nitrogens with zero attached hydrogens (tertiary/aromatic N) is 2. The van der Waals surface area contributed by atoms with Gasteiger partial charge in [-0.05, 0) is 29.8 Å². The molecule has 1 aliphatic heterocycles. The van der Waals surface area contributed by atoms with Crippen molar-refractivity contribution in [1.82, 2.24) is 5.43 Å². The SMILES string of the molecule is O=C(N/N=C/c1ccc2c(c1)OCO2)c1cc([N+](=O)[O-])ccc1O. The maximum atomic E-state index is 12.0. The molecule has 122 valence electrons. The Labute approximate surface area is 135 Å². The molecular weight excluding hydrogens is 318 g/mol. The van der Waals surface area contributed by atoms with Gasteiger partial charge >= 0.3 is 0 Å². The molecule has 0 fully saturated rings. The standard InChI is InChI=1S/C15H11N3O6/c19-12-3-2-10(18(21)22)6-11(12)15(20)17-16-7-9-1-4-13-14(5-9)24-8-23-13/h1-7,19H,8H2,(H,17,20)/b16-7+. The van der Waals surface area contributed by atoms with Crippen LogP contribution in [0.2, 0.25) is 0 Å². The van der Waals surface area contributed by atoms with Gasteiger partial charge in [0.2, 0.25) is 6.79 Å². The highest BCUT2D eigenvalue weighted by atomic mass is 16.7. The van der Waals surface area contributed by atoms with Crippen LogP contribution in [-0.4, -0.2) is 28.9 Å². The zero-order valence-corrected chi connectivity index (χ0v) is 12.1. The van der Waals surface area contributed by atoms with Gasteiger partial charge < -0.3 is 14.6 Å². The van der Waals surface area contributed by atoms with E-state index in [9.17, 15) is 20.0 Å². The van der Waals surface area contributed by atoms with Gasteiger partial charge in [-0.3, -0.25) is 14.9 Å². The fourth-order valence-electron chi connectivity index (χ4n) is 2.04. The molecule has 24 heavy (non-hydrogen) atoms. The molecule has 9 heteroatoms. The molecule has 0 saturated heterocycles. The minimum Gasteiger partial charge on any atom is -0.507 e. The molecule has 2 aromatic rings. The van der Waals surface area contributed by atoms with Crippen LogP contribution in [-0.2, 0) is 0 Å². The number of carbonyl (C=O) groups is 1. The predicted octanol–water partition coefficient (Wildman–Crippen LogP) is 1.79. The summed E-state index contributed by atoms with van der Waals surface area (Å²) in [6.45, 7) is 0.152. The molecule has 1 aliphatic rings. The molecule has 0 aromatic heterocycles. The highest BCUT2D eigenvalue weighted by molar-refractivity contribution is 5.98. The topological polar surface area (TPSA) is 123 Å². The van der Waals surface area contributed by atoms with Crippen LogP contribution < -0.4 is 14.9 Å². The lowest BCUT2D eigenvalue weighted by molar-refractivity contribution is -0.384. The zero-order chi connectivity index (χ0) is 17.1. The van der Waals surface area contributed by atoms with E-state index >= 15 is 0 Å². The lowest BCUT2D eigenvalue weighted by Crippen LogP contribution is -2.18. The second-order valence-electron chi connectivity index (χ2n) is 4.77. The largest absolute Gasteiger partial charge is 0.507 e. The second kappa shape index (κ2) is 6.24. The molecule has 2 N–H and O–H groups in total. The van der Waals surface area contributed by atoms with E-state index in [1.165, 1.54) is 6.21 Å². The smallest absolute Gasteiger partial charge is 0.275 e. The molecule has 0 saturated carbocycles. The summed E-state index contributed by atoms with van der Waals surface area (Å²) in [6.07, 6.45) is 1.37. The summed E-state index contributed by atoms with van der Waals surface area (Å²) in [4.78, 5) is 22.0. The van der Waals surface area contributed by atoms with E-state index in [-0.39, 0.29) is 23.8 Å². The van der Waals surface area contributed by atoms with Crippen molar-refractivity contribution in [1.29, 1.82) is 0 Å². The zero-order valence-electron chi connectivity index (χ0n) is 12.1. The first kappa shape index (κ1) is 15.3. The first-order chi connectivity index (χ1) is 11.5. The highest BCUT2D eigenvalue weighted by Crippen LogP contribution is 2.32. The van der Waals surface area contributed by atoms with E-state index in [0.717, 1.165) is 18.2 Å². The maximum absolute atomic E-state index is 12.0. The Hall–Kier alpha value is -3.62. The number of hydrogen-bond donors (Lipinski definition) is 2. The number of benzene rings is 2. The minimum atomic E-state index is -0.770. The number of carbonyl (C=O) groups excluding carboxylic acids is 1. The Morgan fingerprint density at radius 1 is 1.25 bits per heavy atom. The average molecular weight is 329 g/mol. The molecule has 1 amide bonds. The highest BCUT2D eigenvalue weighted by Gasteiger charge is 2.16. The van der Waals surface area contributed by atoms with Gasteiger partial charge in [-0.25, -0.2) is 5.43 Å². The molecular formula is C15H11N3O6. The average Bonchev–Trinajstić information content (AvgIpc) is 3.02. The number of nitro groups is 1. The third-order valence-corrected chi connectivity index (χ3v) is 3.21. The van der Waals surface area contributed by atoms with Crippen molar-refractivity contribution in [2.75, 3.05) is 6.79 Å². The van der Waals surface area contributed by atoms with Gasteiger partial charge in [0.15, 0.2) is 11.5 Å². The van der Waals surface area contributed by atoms with Gasteiger partial charge in [-0.2, -0.15) is 5.10 Å². The molecule has 0 aliphatic carbocycles. The fourth-order valence-corrected chi connectivity index (χ4v) is 2.04. The van der Waals surface area contributed by atoms with Gasteiger partial charge in [0.05, 0.1) is 16.7 Å². The van der Waals surface area contributed by atoms with Crippen molar-refractivity contribution in [3.63, 3.8) is 0 Å². The lowest BCUT2D eigenvalue weighted by Gasteiger charge is -2.03. The summed E-state index contributed by atoms with van der Waals surface area (Å²) >= 11 is 0. The first-order valence-corrected chi connectivity index (χ1v) is 6.75. The molecule has 0 atom stereocenters. The summed E-state index contributed by atoms with van der Waals surface area (Å²) in [5.41, 5.74) is 2.30. The van der Waals surface area contributed by atoms with Crippen LogP contribution in [0, 0.1) is 10.1 Å². The third-order valence-electron chi connectivity index (χ3n) is 3.21. The van der Waals surface area contributed by atoms with E-state index < -0.39 is 10.8 Å². The Morgan fingerprint density at radius 2 is 2.04 bits per heavy atom. The van der Waals surface area contributed by atoms with Crippen LogP contribution in [0.5, 0.6) is 17.2 Å². The minimum absolute atomic E-state index is 0.152. The Balaban J connectivity index is 1.71. The molecule has 0 spiro atoms. The number of ether oxygens (including phenoxy) is 2. The predicted molar refractivity (Wildman–Crippen MR) is 82.4 cm³/mol. The number of aromatic hydroxyl groups is 1. The van der Waals surface area contributed by atoms with E-state index in [1.807, 2.05) is 0 Å². The maximum Gasteiger partial charge on any atom is 0.275 e. The van der Waals surface area contributed by atoms with Crippen LogP contribution in [0.25, 0.3) is 0 Å². The molecule has 0 unspecified atom stereocenters. The summed E-state index contributed by atoms with van der Waals surface area (Å²) in [5, 5.41) is 24.1. The van der Waals surface area contributed by atoms with E-state index in [4.69, 9.17) is 9.47 Å². The summed E-state index contributed by atoms with van der Waals surface area (Å²) < 4.78 is 10.4. The number of nitro benzene ring substituents is 1. The van der Waals surface area contributed by atoms with Crippen LogP contribution in [0.4, 0.5) is 5.69 Å². The summed E-state index contributed by atoms with van der Waals surface area (Å²) in [5.74, 6) is 0.0453. The molecule has 0 bridgehead atoms. The molecule has 9 nitrogen and oxygen atoms in total. The van der Waals surface area contributed by atoms with Gasteiger partial charge in [0.1, 0.15) is 5.75 Å². The number of hydrazone groups is 1. The van der Waals surface area contributed by atoms with Gasteiger partial charge in [-0.1, -0.05) is 0 Å². The van der Waals surface area contributed by atoms with Crippen LogP contribution in [0.3, 0.4) is 0 Å². The number of nitrogens with one attached hydrogen (secondary N) is 1.